The Morgan fingerprint density at radius 1 is 0.897 bits per heavy atom. The van der Waals surface area contributed by atoms with Crippen LogP contribution in [0.3, 0.4) is 0 Å². The summed E-state index contributed by atoms with van der Waals surface area (Å²) < 4.78 is 5.66. The Kier molecular flexibility index (Phi) is 8.99. The monoisotopic (exact) mass is 761 g/mol. The number of anilines is 3. The van der Waals surface area contributed by atoms with Crippen LogP contribution in [0.4, 0.5) is 17.1 Å². The maximum Gasteiger partial charge on any atom is 0.253 e. The minimum absolute atomic E-state index is 0.0718. The molecule has 8 aromatic rings. The van der Waals surface area contributed by atoms with E-state index in [1.165, 1.54) is 0 Å². The van der Waals surface area contributed by atoms with Gasteiger partial charge in [-0.3, -0.25) is 19.5 Å². The number of nitrogens with one attached hydrogen (secondary N) is 3. The molecule has 6 aromatic carbocycles. The SMILES string of the molecule is C=CC1CN2CCC1CC2C(Nc1c(Nc2ccc3ccccc3c2C(=Cc2ccccc2)c2c[nH]c3ccccc23)c(=O)c1=O)c1ccnc2ccc(OC)cc12. The first kappa shape index (κ1) is 35.6. The van der Waals surface area contributed by atoms with Crippen molar-refractivity contribution in [2.45, 2.75) is 24.9 Å². The second-order valence-electron chi connectivity index (χ2n) is 15.6. The molecule has 5 heterocycles. The van der Waals surface area contributed by atoms with Crippen LogP contribution in [0.2, 0.25) is 0 Å². The highest BCUT2D eigenvalue weighted by molar-refractivity contribution is 6.11. The standard InChI is InChI=1S/C50H43N5O3/c1-3-31-29-55-24-22-33(31)26-44(55)46(37-21-23-51-42-20-18-34(58-2)27-38(37)42)54-48-47(49(56)50(48)57)53-43-19-17-32-13-7-8-14-35(32)45(43)39(25-30-11-5-4-6-12-30)40-28-52-41-16-10-9-15-36(40)41/h3-21,23,25,27-28,31,33,44,46,52-54H,1,22,24,26,29H2,2H3. The summed E-state index contributed by atoms with van der Waals surface area (Å²) in [7, 11) is 1.66. The number of piperidine rings is 3. The molecule has 0 spiro atoms. The van der Waals surface area contributed by atoms with Gasteiger partial charge in [0, 0.05) is 58.1 Å². The number of H-pyrrole nitrogens is 1. The van der Waals surface area contributed by atoms with Crippen molar-refractivity contribution in [3.05, 3.63) is 183 Å². The van der Waals surface area contributed by atoms with Gasteiger partial charge in [-0.15, -0.1) is 6.58 Å². The smallest absolute Gasteiger partial charge is 0.253 e. The van der Waals surface area contributed by atoms with Crippen LogP contribution < -0.4 is 26.2 Å². The lowest BCUT2D eigenvalue weighted by Gasteiger charge is -2.52. The van der Waals surface area contributed by atoms with E-state index >= 15 is 0 Å². The molecule has 3 saturated heterocycles. The van der Waals surface area contributed by atoms with Crippen molar-refractivity contribution in [1.82, 2.24) is 14.9 Å². The summed E-state index contributed by atoms with van der Waals surface area (Å²) in [5, 5.41) is 11.4. The molecule has 3 N–H and O–H groups in total. The third-order valence-electron chi connectivity index (χ3n) is 12.5. The second kappa shape index (κ2) is 14.6. The molecule has 286 valence electrons. The summed E-state index contributed by atoms with van der Waals surface area (Å²) in [6, 6.07) is 38.6. The molecule has 3 aliphatic rings. The number of ether oxygens (including phenoxy) is 1. The molecule has 8 heteroatoms. The summed E-state index contributed by atoms with van der Waals surface area (Å²) >= 11 is 0. The van der Waals surface area contributed by atoms with Gasteiger partial charge in [-0.05, 0) is 101 Å². The lowest BCUT2D eigenvalue weighted by molar-refractivity contribution is 0.0105. The summed E-state index contributed by atoms with van der Waals surface area (Å²) in [6.45, 7) is 6.03. The highest BCUT2D eigenvalue weighted by Gasteiger charge is 2.43. The van der Waals surface area contributed by atoms with Crippen molar-refractivity contribution in [3.63, 3.8) is 0 Å². The molecule has 58 heavy (non-hydrogen) atoms. The minimum atomic E-state index is -0.542. The molecule has 11 rings (SSSR count). The van der Waals surface area contributed by atoms with E-state index < -0.39 is 10.9 Å². The van der Waals surface area contributed by atoms with Gasteiger partial charge in [-0.2, -0.15) is 0 Å². The van der Waals surface area contributed by atoms with Crippen molar-refractivity contribution in [2.24, 2.45) is 11.8 Å². The van der Waals surface area contributed by atoms with E-state index in [2.05, 4.69) is 92.9 Å². The molecule has 2 aromatic heterocycles. The number of rotatable bonds is 11. The molecule has 3 fully saturated rings. The molecule has 0 aliphatic carbocycles. The zero-order valence-electron chi connectivity index (χ0n) is 32.2. The lowest BCUT2D eigenvalue weighted by Crippen LogP contribution is -2.56. The summed E-state index contributed by atoms with van der Waals surface area (Å²) in [4.78, 5) is 38.4. The Morgan fingerprint density at radius 3 is 2.50 bits per heavy atom. The van der Waals surface area contributed by atoms with Gasteiger partial charge in [0.1, 0.15) is 17.1 Å². The van der Waals surface area contributed by atoms with Gasteiger partial charge in [-0.25, -0.2) is 0 Å². The number of fused-ring (bicyclic) bond motifs is 6. The van der Waals surface area contributed by atoms with Gasteiger partial charge in [0.05, 0.1) is 18.7 Å². The van der Waals surface area contributed by atoms with E-state index in [9.17, 15) is 9.59 Å². The van der Waals surface area contributed by atoms with Crippen molar-refractivity contribution in [1.29, 1.82) is 0 Å². The first-order valence-corrected chi connectivity index (χ1v) is 20.0. The van der Waals surface area contributed by atoms with Crippen LogP contribution in [0, 0.1) is 11.8 Å². The molecule has 0 radical (unpaired) electrons. The van der Waals surface area contributed by atoms with E-state index in [-0.39, 0.29) is 17.8 Å². The van der Waals surface area contributed by atoms with E-state index in [0.717, 1.165) is 97.8 Å². The van der Waals surface area contributed by atoms with Crippen LogP contribution in [0.5, 0.6) is 5.75 Å². The van der Waals surface area contributed by atoms with Gasteiger partial charge in [0.2, 0.25) is 0 Å². The fourth-order valence-electron chi connectivity index (χ4n) is 9.55. The van der Waals surface area contributed by atoms with E-state index in [1.54, 1.807) is 7.11 Å². The van der Waals surface area contributed by atoms with Crippen molar-refractivity contribution in [2.75, 3.05) is 30.8 Å². The van der Waals surface area contributed by atoms with E-state index in [1.807, 2.05) is 79.0 Å². The van der Waals surface area contributed by atoms with Crippen LogP contribution in [0.15, 0.2) is 150 Å². The predicted octanol–water partition coefficient (Wildman–Crippen LogP) is 9.86. The van der Waals surface area contributed by atoms with Crippen LogP contribution >= 0.6 is 0 Å². The molecule has 3 aliphatic heterocycles. The van der Waals surface area contributed by atoms with Gasteiger partial charge in [0.15, 0.2) is 0 Å². The third-order valence-corrected chi connectivity index (χ3v) is 12.5. The minimum Gasteiger partial charge on any atom is -0.497 e. The van der Waals surface area contributed by atoms with Gasteiger partial charge < -0.3 is 20.4 Å². The van der Waals surface area contributed by atoms with Crippen molar-refractivity contribution in [3.8, 4) is 5.75 Å². The van der Waals surface area contributed by atoms with Crippen LogP contribution in [-0.4, -0.2) is 41.1 Å². The number of para-hydroxylation sites is 1. The zero-order valence-corrected chi connectivity index (χ0v) is 32.2. The van der Waals surface area contributed by atoms with Crippen molar-refractivity contribution >= 4 is 61.3 Å². The topological polar surface area (TPSA) is 99.3 Å². The fraction of sp³-hybridized carbons (Fsp3) is 0.180. The maximum absolute atomic E-state index is 13.9. The second-order valence-corrected chi connectivity index (χ2v) is 15.6. The first-order valence-electron chi connectivity index (χ1n) is 20.0. The van der Waals surface area contributed by atoms with Crippen molar-refractivity contribution < 1.29 is 4.74 Å². The molecular weight excluding hydrogens is 719 g/mol. The number of hydrogen-bond acceptors (Lipinski definition) is 7. The van der Waals surface area contributed by atoms with E-state index in [0.29, 0.717) is 17.5 Å². The van der Waals surface area contributed by atoms with Gasteiger partial charge >= 0.3 is 0 Å². The molecule has 5 atom stereocenters. The summed E-state index contributed by atoms with van der Waals surface area (Å²) in [5.74, 6) is 1.64. The fourth-order valence-corrected chi connectivity index (χ4v) is 9.55. The number of methoxy groups -OCH3 is 1. The average molecular weight is 762 g/mol. The Labute approximate surface area is 336 Å². The molecular formula is C50H43N5O3. The maximum atomic E-state index is 13.9. The largest absolute Gasteiger partial charge is 0.497 e. The number of pyridine rings is 1. The molecule has 2 bridgehead atoms. The normalized spacial score (nSPS) is 19.8. The van der Waals surface area contributed by atoms with Crippen LogP contribution in [-0.2, 0) is 0 Å². The first-order chi connectivity index (χ1) is 28.5. The van der Waals surface area contributed by atoms with Gasteiger partial charge in [-0.1, -0.05) is 84.9 Å². The van der Waals surface area contributed by atoms with Crippen LogP contribution in [0.1, 0.15) is 41.1 Å². The zero-order chi connectivity index (χ0) is 39.3. The Hall–Kier alpha value is -6.77. The quantitative estimate of drug-likeness (QED) is 0.0686. The Balaban J connectivity index is 1.12. The Morgan fingerprint density at radius 2 is 1.69 bits per heavy atom. The number of nitrogens with zero attached hydrogens (tertiary/aromatic N) is 2. The predicted molar refractivity (Wildman–Crippen MR) is 237 cm³/mol. The highest BCUT2D eigenvalue weighted by atomic mass is 16.5. The number of aromatic amines is 1. The summed E-state index contributed by atoms with van der Waals surface area (Å²) in [6.07, 6.45) is 10.2. The molecule has 8 nitrogen and oxygen atoms in total. The number of aromatic nitrogens is 2. The molecule has 0 saturated carbocycles. The average Bonchev–Trinajstić information content (AvgIpc) is 3.72. The molecule has 5 unspecified atom stereocenters. The Bertz CT molecular complexity index is 2960. The summed E-state index contributed by atoms with van der Waals surface area (Å²) in [5.41, 5.74) is 7.07. The third kappa shape index (κ3) is 6.08. The lowest BCUT2D eigenvalue weighted by atomic mass is 9.73. The highest BCUT2D eigenvalue weighted by Crippen LogP contribution is 2.45. The number of hydrogen-bond donors (Lipinski definition) is 3. The van der Waals surface area contributed by atoms with E-state index in [4.69, 9.17) is 4.74 Å². The van der Waals surface area contributed by atoms with Crippen LogP contribution in [0.25, 0.3) is 44.2 Å². The molecule has 0 amide bonds. The van der Waals surface area contributed by atoms with Gasteiger partial charge in [0.25, 0.3) is 10.9 Å². The number of benzene rings is 5.